The van der Waals surface area contributed by atoms with Crippen LogP contribution in [0.25, 0.3) is 0 Å². The number of nitro groups is 2. The van der Waals surface area contributed by atoms with E-state index in [0.717, 1.165) is 21.9 Å². The van der Waals surface area contributed by atoms with Gasteiger partial charge in [-0.1, -0.05) is 42.5 Å². The van der Waals surface area contributed by atoms with Crippen molar-refractivity contribution in [2.24, 2.45) is 5.73 Å². The number of imide groups is 2. The van der Waals surface area contributed by atoms with Crippen LogP contribution in [-0.4, -0.2) is 96.7 Å². The van der Waals surface area contributed by atoms with E-state index in [1.807, 2.05) is 0 Å². The van der Waals surface area contributed by atoms with Crippen LogP contribution in [0, 0.1) is 20.2 Å². The third kappa shape index (κ3) is 8.19. The number of aliphatic carboxylic acids is 2. The van der Waals surface area contributed by atoms with Crippen LogP contribution in [0.5, 0.6) is 0 Å². The number of nitrogens with two attached hydrogens (primary N) is 1. The van der Waals surface area contributed by atoms with E-state index in [9.17, 15) is 58.9 Å². The van der Waals surface area contributed by atoms with Crippen molar-refractivity contribution in [3.8, 4) is 0 Å². The summed E-state index contributed by atoms with van der Waals surface area (Å²) >= 11 is 0. The van der Waals surface area contributed by atoms with E-state index in [-0.39, 0.29) is 54.8 Å². The van der Waals surface area contributed by atoms with Crippen molar-refractivity contribution < 1.29 is 58.4 Å². The first-order chi connectivity index (χ1) is 24.6. The number of nitro benzene ring substituents is 2. The summed E-state index contributed by atoms with van der Waals surface area (Å²) in [5, 5.41) is 42.2. The predicted octanol–water partition coefficient (Wildman–Crippen LogP) is 1.95. The molecule has 20 nitrogen and oxygen atoms in total. The van der Waals surface area contributed by atoms with E-state index >= 15 is 0 Å². The van der Waals surface area contributed by atoms with Gasteiger partial charge in [-0.2, -0.15) is 0 Å². The topological polar surface area (TPSA) is 300 Å². The zero-order chi connectivity index (χ0) is 38.3. The molecule has 5 rings (SSSR count). The quantitative estimate of drug-likeness (QED) is 0.111. The highest BCUT2D eigenvalue weighted by Gasteiger charge is 2.42. The number of alkyl carbamates (subject to hydrolysis) is 1. The number of carbonyl (C=O) groups is 7. The Kier molecular flexibility index (Phi) is 11.7. The average molecular weight is 721 g/mol. The van der Waals surface area contributed by atoms with Crippen LogP contribution in [0.4, 0.5) is 16.2 Å². The molecule has 0 aliphatic carbocycles. The highest BCUT2D eigenvalue weighted by Crippen LogP contribution is 2.32. The normalized spacial score (nSPS) is 14.1. The first kappa shape index (κ1) is 37.7. The number of nitrogens with one attached hydrogen (secondary N) is 1. The van der Waals surface area contributed by atoms with Crippen LogP contribution in [-0.2, 0) is 20.9 Å². The number of benzene rings is 3. The van der Waals surface area contributed by atoms with Gasteiger partial charge in [-0.05, 0) is 30.5 Å². The van der Waals surface area contributed by atoms with E-state index in [1.54, 1.807) is 30.3 Å². The molecule has 2 atom stereocenters. The summed E-state index contributed by atoms with van der Waals surface area (Å²) < 4.78 is 4.98. The van der Waals surface area contributed by atoms with Crippen LogP contribution in [0.3, 0.4) is 0 Å². The molecular weight excluding hydrogens is 692 g/mol. The standard InChI is InChI=1S/C20H17N3O8.C12H11N3O6/c24-17-13-7-4-8-15(23(29)30)16(13)18(25)22(17)10-9-14(19(26)27)21-20(28)31-11-12-5-2-1-3-6-12;13-7(12(18)19)4-5-14-10(16)6-2-1-3-8(15(20)21)9(6)11(14)17/h1-8,14H,9-11H2,(H,21,28)(H,26,27);1-3,7H,4-5,13H2,(H,18,19)/t14-;7-/m00/s1. The molecule has 0 saturated carbocycles. The molecule has 0 radical (unpaired) electrons. The van der Waals surface area contributed by atoms with Gasteiger partial charge in [-0.25, -0.2) is 9.59 Å². The summed E-state index contributed by atoms with van der Waals surface area (Å²) in [4.78, 5) is 105. The molecule has 3 aromatic carbocycles. The third-order valence-electron chi connectivity index (χ3n) is 7.77. The molecule has 2 aliphatic heterocycles. The monoisotopic (exact) mass is 720 g/mol. The minimum absolute atomic E-state index is 0.0573. The Hall–Kier alpha value is -7.09. The number of carboxylic acids is 2. The Labute approximate surface area is 291 Å². The molecule has 20 heteroatoms. The zero-order valence-corrected chi connectivity index (χ0v) is 26.7. The fourth-order valence-corrected chi connectivity index (χ4v) is 5.16. The van der Waals surface area contributed by atoms with Crippen molar-refractivity contribution >= 4 is 53.0 Å². The lowest BCUT2D eigenvalue weighted by Crippen LogP contribution is -2.44. The lowest BCUT2D eigenvalue weighted by atomic mass is 10.1. The Morgan fingerprint density at radius 1 is 0.712 bits per heavy atom. The molecule has 5 N–H and O–H groups in total. The molecule has 2 aliphatic rings. The number of carbonyl (C=O) groups excluding carboxylic acids is 5. The fourth-order valence-electron chi connectivity index (χ4n) is 5.16. The van der Waals surface area contributed by atoms with Gasteiger partial charge in [0, 0.05) is 25.2 Å². The first-order valence-corrected chi connectivity index (χ1v) is 15.1. The Morgan fingerprint density at radius 2 is 1.19 bits per heavy atom. The smallest absolute Gasteiger partial charge is 0.408 e. The van der Waals surface area contributed by atoms with Crippen molar-refractivity contribution in [2.45, 2.75) is 31.5 Å². The van der Waals surface area contributed by atoms with Crippen LogP contribution in [0.1, 0.15) is 59.8 Å². The highest BCUT2D eigenvalue weighted by atomic mass is 16.6. The number of rotatable bonds is 13. The van der Waals surface area contributed by atoms with Gasteiger partial charge in [0.1, 0.15) is 29.8 Å². The maximum absolute atomic E-state index is 12.5. The third-order valence-corrected chi connectivity index (χ3v) is 7.77. The molecule has 0 aromatic heterocycles. The van der Waals surface area contributed by atoms with Crippen LogP contribution in [0.2, 0.25) is 0 Å². The molecule has 0 bridgehead atoms. The SMILES string of the molecule is N[C@@H](CCN1C(=O)c2cccc([N+](=O)[O-])c2C1=O)C(=O)O.O=C(N[C@@H](CCN1C(=O)c2cccc([N+](=O)[O-])c2C1=O)C(=O)O)OCc1ccccc1. The molecule has 0 saturated heterocycles. The van der Waals surface area contributed by atoms with Gasteiger partial charge in [0.05, 0.1) is 21.0 Å². The van der Waals surface area contributed by atoms with Gasteiger partial charge in [-0.3, -0.25) is 54.0 Å². The number of hydrogen-bond acceptors (Lipinski definition) is 13. The number of ether oxygens (including phenoxy) is 1. The average Bonchev–Trinajstić information content (AvgIpc) is 3.51. The zero-order valence-electron chi connectivity index (χ0n) is 26.7. The molecule has 3 aromatic rings. The molecule has 270 valence electrons. The van der Waals surface area contributed by atoms with E-state index in [4.69, 9.17) is 15.6 Å². The number of fused-ring (bicyclic) bond motifs is 2. The molecule has 0 fully saturated rings. The lowest BCUT2D eigenvalue weighted by molar-refractivity contribution is -0.385. The van der Waals surface area contributed by atoms with E-state index in [1.165, 1.54) is 24.3 Å². The maximum Gasteiger partial charge on any atom is 0.408 e. The van der Waals surface area contributed by atoms with Crippen molar-refractivity contribution in [3.05, 3.63) is 115 Å². The Morgan fingerprint density at radius 3 is 1.63 bits per heavy atom. The maximum atomic E-state index is 12.5. The van der Waals surface area contributed by atoms with Crippen LogP contribution in [0.15, 0.2) is 66.7 Å². The van der Waals surface area contributed by atoms with E-state index in [0.29, 0.717) is 5.56 Å². The van der Waals surface area contributed by atoms with Crippen molar-refractivity contribution in [3.63, 3.8) is 0 Å². The minimum Gasteiger partial charge on any atom is -0.480 e. The minimum atomic E-state index is -1.44. The van der Waals surface area contributed by atoms with Crippen LogP contribution >= 0.6 is 0 Å². The summed E-state index contributed by atoms with van der Waals surface area (Å²) in [6.07, 6.45) is -1.42. The number of carboxylic acid groups (broad SMARTS) is 2. The van der Waals surface area contributed by atoms with Crippen molar-refractivity contribution in [1.29, 1.82) is 0 Å². The highest BCUT2D eigenvalue weighted by molar-refractivity contribution is 6.24. The predicted molar refractivity (Wildman–Crippen MR) is 173 cm³/mol. The molecular formula is C32H28N6O14. The summed E-state index contributed by atoms with van der Waals surface area (Å²) in [5.41, 5.74) is 4.28. The number of nitrogens with zero attached hydrogens (tertiary/aromatic N) is 4. The van der Waals surface area contributed by atoms with Gasteiger partial charge in [0.15, 0.2) is 0 Å². The summed E-state index contributed by atoms with van der Waals surface area (Å²) in [6.45, 7) is -0.641. The molecule has 52 heavy (non-hydrogen) atoms. The largest absolute Gasteiger partial charge is 0.480 e. The van der Waals surface area contributed by atoms with Crippen LogP contribution < -0.4 is 11.1 Å². The lowest BCUT2D eigenvalue weighted by Gasteiger charge is -2.18. The number of hydrogen-bond donors (Lipinski definition) is 4. The van der Waals surface area contributed by atoms with Gasteiger partial charge >= 0.3 is 18.0 Å². The molecule has 0 unspecified atom stereocenters. The summed E-state index contributed by atoms with van der Waals surface area (Å²) in [6, 6.07) is 13.5. The van der Waals surface area contributed by atoms with Gasteiger partial charge < -0.3 is 26.0 Å². The summed E-state index contributed by atoms with van der Waals surface area (Å²) in [5.74, 6) is -5.78. The Balaban J connectivity index is 0.000000251. The van der Waals surface area contributed by atoms with Gasteiger partial charge in [0.2, 0.25) is 0 Å². The molecule has 2 heterocycles. The van der Waals surface area contributed by atoms with E-state index in [2.05, 4.69) is 5.32 Å². The first-order valence-electron chi connectivity index (χ1n) is 15.1. The van der Waals surface area contributed by atoms with Crippen molar-refractivity contribution in [1.82, 2.24) is 15.1 Å². The second-order valence-corrected chi connectivity index (χ2v) is 11.1. The Bertz CT molecular complexity index is 1980. The second kappa shape index (κ2) is 16.1. The summed E-state index contributed by atoms with van der Waals surface area (Å²) in [7, 11) is 0. The molecule has 0 spiro atoms. The van der Waals surface area contributed by atoms with Gasteiger partial charge in [-0.15, -0.1) is 0 Å². The van der Waals surface area contributed by atoms with Gasteiger partial charge in [0.25, 0.3) is 35.0 Å². The second-order valence-electron chi connectivity index (χ2n) is 11.1. The number of amides is 5. The van der Waals surface area contributed by atoms with E-state index < -0.39 is 75.0 Å². The molecule has 5 amide bonds. The van der Waals surface area contributed by atoms with Crippen molar-refractivity contribution in [2.75, 3.05) is 13.1 Å². The fraction of sp³-hybridized carbons (Fsp3) is 0.219.